The van der Waals surface area contributed by atoms with Crippen molar-refractivity contribution >= 4 is 23.5 Å². The van der Waals surface area contributed by atoms with E-state index in [1.807, 2.05) is 30.3 Å². The van der Waals surface area contributed by atoms with E-state index in [0.29, 0.717) is 5.02 Å². The third-order valence-corrected chi connectivity index (χ3v) is 3.80. The number of epoxide rings is 1. The van der Waals surface area contributed by atoms with E-state index in [4.69, 9.17) is 16.3 Å². The summed E-state index contributed by atoms with van der Waals surface area (Å²) in [5.74, 6) is 0.106. The first kappa shape index (κ1) is 11.0. The van der Waals surface area contributed by atoms with Crippen LogP contribution < -0.4 is 0 Å². The van der Waals surface area contributed by atoms with Gasteiger partial charge in [0.05, 0.1) is 6.10 Å². The number of hydrogen-bond donors (Lipinski definition) is 0. The molecule has 17 heavy (non-hydrogen) atoms. The van der Waals surface area contributed by atoms with Gasteiger partial charge in [-0.1, -0.05) is 29.8 Å². The zero-order valence-corrected chi connectivity index (χ0v) is 10.1. The van der Waals surface area contributed by atoms with Gasteiger partial charge in [0.25, 0.3) is 0 Å². The quantitative estimate of drug-likeness (QED) is 0.607. The van der Waals surface area contributed by atoms with Gasteiger partial charge < -0.3 is 4.74 Å². The molecule has 3 rings (SSSR count). The average molecular weight is 249 g/mol. The Morgan fingerprint density at radius 2 is 2.18 bits per heavy atom. The molecule has 1 aliphatic carbocycles. The van der Waals surface area contributed by atoms with Gasteiger partial charge in [0.15, 0.2) is 11.4 Å². The van der Waals surface area contributed by atoms with Crippen molar-refractivity contribution in [2.75, 3.05) is 0 Å². The molecule has 1 heterocycles. The van der Waals surface area contributed by atoms with E-state index in [0.717, 1.165) is 24.8 Å². The zero-order chi connectivity index (χ0) is 11.9. The van der Waals surface area contributed by atoms with Gasteiger partial charge in [-0.05, 0) is 43.0 Å². The average Bonchev–Trinajstić information content (AvgIpc) is 2.91. The van der Waals surface area contributed by atoms with Crippen LogP contribution in [0.1, 0.15) is 24.8 Å². The molecule has 0 aromatic heterocycles. The number of benzene rings is 1. The monoisotopic (exact) mass is 248 g/mol. The normalized spacial score (nSPS) is 30.5. The molecule has 2 aliphatic rings. The zero-order valence-electron chi connectivity index (χ0n) is 9.36. The fraction of sp³-hybridized carbons (Fsp3) is 0.357. The predicted octanol–water partition coefficient (Wildman–Crippen LogP) is 3.24. The Balaban J connectivity index is 1.71. The number of carbonyl (C=O) groups is 1. The number of hydrogen-bond acceptors (Lipinski definition) is 2. The third kappa shape index (κ3) is 1.92. The molecular weight excluding hydrogens is 236 g/mol. The van der Waals surface area contributed by atoms with E-state index in [1.54, 1.807) is 6.08 Å². The molecule has 1 saturated carbocycles. The first-order chi connectivity index (χ1) is 8.21. The maximum Gasteiger partial charge on any atom is 0.190 e. The van der Waals surface area contributed by atoms with Gasteiger partial charge in [-0.3, -0.25) is 4.79 Å². The summed E-state index contributed by atoms with van der Waals surface area (Å²) in [6.07, 6.45) is 6.65. The van der Waals surface area contributed by atoms with Crippen LogP contribution in [0.3, 0.4) is 0 Å². The second kappa shape index (κ2) is 3.97. The molecule has 0 spiro atoms. The van der Waals surface area contributed by atoms with Crippen LogP contribution in [0.5, 0.6) is 0 Å². The van der Waals surface area contributed by atoms with Gasteiger partial charge in [-0.25, -0.2) is 0 Å². The topological polar surface area (TPSA) is 29.6 Å². The molecule has 1 aromatic rings. The second-order valence-corrected chi connectivity index (χ2v) is 5.07. The van der Waals surface area contributed by atoms with Crippen molar-refractivity contribution in [1.29, 1.82) is 0 Å². The summed E-state index contributed by atoms with van der Waals surface area (Å²) >= 11 is 5.80. The van der Waals surface area contributed by atoms with Crippen molar-refractivity contribution in [3.05, 3.63) is 40.9 Å². The molecule has 2 fully saturated rings. The molecule has 2 nitrogen and oxygen atoms in total. The molecule has 1 aromatic carbocycles. The summed E-state index contributed by atoms with van der Waals surface area (Å²) in [6, 6.07) is 7.42. The molecule has 1 saturated heterocycles. The third-order valence-electron chi connectivity index (χ3n) is 3.54. The summed E-state index contributed by atoms with van der Waals surface area (Å²) in [6.45, 7) is 0. The van der Waals surface area contributed by atoms with Gasteiger partial charge in [0, 0.05) is 5.02 Å². The van der Waals surface area contributed by atoms with Gasteiger partial charge >= 0.3 is 0 Å². The molecule has 0 unspecified atom stereocenters. The summed E-state index contributed by atoms with van der Waals surface area (Å²) in [7, 11) is 0. The Labute approximate surface area is 105 Å². The predicted molar refractivity (Wildman–Crippen MR) is 66.9 cm³/mol. The number of ether oxygens (including phenoxy) is 1. The minimum absolute atomic E-state index is 0.106. The van der Waals surface area contributed by atoms with Crippen molar-refractivity contribution in [3.8, 4) is 0 Å². The molecular formula is C14H13ClO2. The van der Waals surface area contributed by atoms with E-state index in [-0.39, 0.29) is 11.9 Å². The number of carbonyl (C=O) groups excluding carboxylic acids is 1. The standard InChI is InChI=1S/C14H13ClO2/c15-11-6-3-10(4-7-11)5-8-12(16)14-9-1-2-13(14)17-14/h3-8,13H,1-2,9H2/b8-5+/t13-,14+/m0/s1. The van der Waals surface area contributed by atoms with Gasteiger partial charge in [0.1, 0.15) is 0 Å². The Hall–Kier alpha value is -1.12. The lowest BCUT2D eigenvalue weighted by Crippen LogP contribution is -2.21. The minimum atomic E-state index is -0.455. The smallest absolute Gasteiger partial charge is 0.190 e. The minimum Gasteiger partial charge on any atom is -0.357 e. The first-order valence-electron chi connectivity index (χ1n) is 5.87. The van der Waals surface area contributed by atoms with E-state index in [2.05, 4.69) is 0 Å². The second-order valence-electron chi connectivity index (χ2n) is 4.64. The van der Waals surface area contributed by atoms with Gasteiger partial charge in [-0.2, -0.15) is 0 Å². The maximum atomic E-state index is 12.0. The van der Waals surface area contributed by atoms with Crippen LogP contribution in [-0.4, -0.2) is 17.5 Å². The van der Waals surface area contributed by atoms with Crippen molar-refractivity contribution in [3.63, 3.8) is 0 Å². The maximum absolute atomic E-state index is 12.0. The Bertz CT molecular complexity index is 478. The molecule has 88 valence electrons. The summed E-state index contributed by atoms with van der Waals surface area (Å²) in [5.41, 5.74) is 0.525. The highest BCUT2D eigenvalue weighted by molar-refractivity contribution is 6.30. The fourth-order valence-electron chi connectivity index (χ4n) is 2.51. The SMILES string of the molecule is O=C(/C=C/c1ccc(Cl)cc1)[C@]12CCC[C@@H]1O2. The number of rotatable bonds is 3. The molecule has 2 atom stereocenters. The van der Waals surface area contributed by atoms with Crippen molar-refractivity contribution in [2.45, 2.75) is 31.0 Å². The van der Waals surface area contributed by atoms with Gasteiger partial charge in [0.2, 0.25) is 0 Å². The van der Waals surface area contributed by atoms with Crippen LogP contribution >= 0.6 is 11.6 Å². The van der Waals surface area contributed by atoms with E-state index >= 15 is 0 Å². The molecule has 0 radical (unpaired) electrons. The summed E-state index contributed by atoms with van der Waals surface area (Å²) < 4.78 is 5.49. The lowest BCUT2D eigenvalue weighted by atomic mass is 10.0. The van der Waals surface area contributed by atoms with Crippen molar-refractivity contribution < 1.29 is 9.53 Å². The molecule has 0 bridgehead atoms. The van der Waals surface area contributed by atoms with E-state index in [1.165, 1.54) is 0 Å². The Morgan fingerprint density at radius 3 is 2.76 bits per heavy atom. The largest absolute Gasteiger partial charge is 0.357 e. The number of halogens is 1. The molecule has 1 aliphatic heterocycles. The molecule has 0 N–H and O–H groups in total. The van der Waals surface area contributed by atoms with Crippen LogP contribution in [-0.2, 0) is 9.53 Å². The number of ketones is 1. The van der Waals surface area contributed by atoms with Crippen LogP contribution in [0.2, 0.25) is 5.02 Å². The fourth-order valence-corrected chi connectivity index (χ4v) is 2.63. The van der Waals surface area contributed by atoms with E-state index in [9.17, 15) is 4.79 Å². The van der Waals surface area contributed by atoms with Crippen LogP contribution in [0, 0.1) is 0 Å². The van der Waals surface area contributed by atoms with Crippen LogP contribution in [0.25, 0.3) is 6.08 Å². The highest BCUT2D eigenvalue weighted by Crippen LogP contribution is 2.50. The highest BCUT2D eigenvalue weighted by Gasteiger charge is 2.63. The summed E-state index contributed by atoms with van der Waals surface area (Å²) in [4.78, 5) is 12.0. The van der Waals surface area contributed by atoms with Crippen molar-refractivity contribution in [1.82, 2.24) is 0 Å². The van der Waals surface area contributed by atoms with Crippen molar-refractivity contribution in [2.24, 2.45) is 0 Å². The van der Waals surface area contributed by atoms with Gasteiger partial charge in [-0.15, -0.1) is 0 Å². The highest BCUT2D eigenvalue weighted by atomic mass is 35.5. The Morgan fingerprint density at radius 1 is 1.41 bits per heavy atom. The number of fused-ring (bicyclic) bond motifs is 1. The molecule has 0 amide bonds. The van der Waals surface area contributed by atoms with E-state index < -0.39 is 5.60 Å². The lowest BCUT2D eigenvalue weighted by Gasteiger charge is -2.02. The van der Waals surface area contributed by atoms with Crippen LogP contribution in [0.4, 0.5) is 0 Å². The van der Waals surface area contributed by atoms with Crippen LogP contribution in [0.15, 0.2) is 30.3 Å². The lowest BCUT2D eigenvalue weighted by molar-refractivity contribution is -0.119. The first-order valence-corrected chi connectivity index (χ1v) is 6.24. The molecule has 3 heteroatoms. The Kier molecular flexibility index (Phi) is 2.57. The summed E-state index contributed by atoms with van der Waals surface area (Å²) in [5, 5.41) is 0.702.